The summed E-state index contributed by atoms with van der Waals surface area (Å²) in [6.07, 6.45) is 7.11. The molecule has 2 aliphatic heterocycles. The second kappa shape index (κ2) is 7.65. The summed E-state index contributed by atoms with van der Waals surface area (Å²) in [5, 5.41) is 1.89. The first-order valence-corrected chi connectivity index (χ1v) is 6.75. The molecule has 0 aromatic rings. The van der Waals surface area contributed by atoms with E-state index < -0.39 is 0 Å². The van der Waals surface area contributed by atoms with E-state index in [1.807, 2.05) is 5.01 Å². The summed E-state index contributed by atoms with van der Waals surface area (Å²) in [4.78, 5) is 11.1. The van der Waals surface area contributed by atoms with Gasteiger partial charge in [0, 0.05) is 13.1 Å². The molecule has 7 N–H and O–H groups in total. The van der Waals surface area contributed by atoms with Crippen molar-refractivity contribution in [3.8, 4) is 0 Å². The van der Waals surface area contributed by atoms with Crippen molar-refractivity contribution in [1.82, 2.24) is 10.4 Å². The first-order valence-electron chi connectivity index (χ1n) is 6.75. The standard InChI is InChI=1S/C6H14N4O.C5H12N2/c7-9-6(11)10(8)4-2-1-3-5-10;6-7-4-2-1-3-5-7/h1-5,7-8H2;1-6H2/p+1. The number of likely N-dealkylation sites (tertiary alicyclic amines) is 1. The lowest BCUT2D eigenvalue weighted by Gasteiger charge is -2.32. The number of hydrogen-bond donors (Lipinski definition) is 4. The van der Waals surface area contributed by atoms with E-state index in [4.69, 9.17) is 17.5 Å². The maximum absolute atomic E-state index is 11.1. The fraction of sp³-hybridized carbons (Fsp3) is 0.909. The molecule has 0 saturated carbocycles. The molecule has 2 rings (SSSR count). The van der Waals surface area contributed by atoms with Crippen LogP contribution in [0.15, 0.2) is 0 Å². The summed E-state index contributed by atoms with van der Waals surface area (Å²) < 4.78 is -0.0451. The highest BCUT2D eigenvalue weighted by atomic mass is 16.2. The van der Waals surface area contributed by atoms with Gasteiger partial charge in [-0.3, -0.25) is 5.84 Å². The number of nitrogens with one attached hydrogen (secondary N) is 1. The maximum Gasteiger partial charge on any atom is 0.449 e. The molecule has 2 amide bonds. The van der Waals surface area contributed by atoms with Crippen molar-refractivity contribution in [3.63, 3.8) is 0 Å². The molecule has 0 aromatic heterocycles. The van der Waals surface area contributed by atoms with Gasteiger partial charge in [-0.2, -0.15) is 10.4 Å². The van der Waals surface area contributed by atoms with E-state index >= 15 is 0 Å². The Hall–Kier alpha value is -0.730. The van der Waals surface area contributed by atoms with Crippen LogP contribution in [-0.4, -0.2) is 41.8 Å². The molecule has 18 heavy (non-hydrogen) atoms. The Labute approximate surface area is 109 Å². The highest BCUT2D eigenvalue weighted by Crippen LogP contribution is 2.13. The summed E-state index contributed by atoms with van der Waals surface area (Å²) in [5.74, 6) is 16.2. The fourth-order valence-corrected chi connectivity index (χ4v) is 2.33. The Morgan fingerprint density at radius 1 is 1.00 bits per heavy atom. The average molecular weight is 259 g/mol. The molecular formula is C11H27N6O+. The van der Waals surface area contributed by atoms with Crippen LogP contribution in [0.5, 0.6) is 0 Å². The van der Waals surface area contributed by atoms with Crippen LogP contribution < -0.4 is 23.0 Å². The normalized spacial score (nSPS) is 23.7. The maximum atomic E-state index is 11.1. The molecule has 0 unspecified atom stereocenters. The number of hydrazine groups is 2. The summed E-state index contributed by atoms with van der Waals surface area (Å²) in [5.41, 5.74) is 2.08. The van der Waals surface area contributed by atoms with E-state index in [0.717, 1.165) is 32.4 Å². The number of piperidine rings is 2. The smallest absolute Gasteiger partial charge is 0.269 e. The fourth-order valence-electron chi connectivity index (χ4n) is 2.33. The molecular weight excluding hydrogens is 232 g/mol. The van der Waals surface area contributed by atoms with Crippen LogP contribution in [-0.2, 0) is 0 Å². The lowest BCUT2D eigenvalue weighted by molar-refractivity contribution is -0.867. The van der Waals surface area contributed by atoms with Crippen molar-refractivity contribution in [2.45, 2.75) is 38.5 Å². The van der Waals surface area contributed by atoms with Gasteiger partial charge in [-0.05, 0) is 32.1 Å². The first kappa shape index (κ1) is 15.3. The number of urea groups is 1. The van der Waals surface area contributed by atoms with Gasteiger partial charge in [-0.25, -0.2) is 21.1 Å². The van der Waals surface area contributed by atoms with E-state index in [9.17, 15) is 4.79 Å². The van der Waals surface area contributed by atoms with Crippen LogP contribution in [0.1, 0.15) is 38.5 Å². The van der Waals surface area contributed by atoms with Gasteiger partial charge in [0.2, 0.25) is 0 Å². The molecule has 2 saturated heterocycles. The molecule has 7 nitrogen and oxygen atoms in total. The molecule has 2 fully saturated rings. The topological polar surface area (TPSA) is 110 Å². The van der Waals surface area contributed by atoms with Crippen LogP contribution in [0, 0.1) is 0 Å². The Kier molecular flexibility index (Phi) is 6.51. The zero-order chi connectivity index (χ0) is 13.4. The summed E-state index contributed by atoms with van der Waals surface area (Å²) in [7, 11) is 0. The van der Waals surface area contributed by atoms with Crippen LogP contribution in [0.3, 0.4) is 0 Å². The van der Waals surface area contributed by atoms with Gasteiger partial charge in [0.15, 0.2) is 0 Å². The Morgan fingerprint density at radius 3 is 1.89 bits per heavy atom. The minimum atomic E-state index is -0.287. The Balaban J connectivity index is 0.000000199. The molecule has 0 spiro atoms. The summed E-state index contributed by atoms with van der Waals surface area (Å²) >= 11 is 0. The lowest BCUT2D eigenvalue weighted by atomic mass is 10.1. The third-order valence-corrected chi connectivity index (χ3v) is 3.53. The predicted molar refractivity (Wildman–Crippen MR) is 70.4 cm³/mol. The Bertz CT molecular complexity index is 248. The van der Waals surface area contributed by atoms with Gasteiger partial charge in [0.25, 0.3) is 0 Å². The van der Waals surface area contributed by atoms with E-state index in [2.05, 4.69) is 5.43 Å². The van der Waals surface area contributed by atoms with Gasteiger partial charge < -0.3 is 0 Å². The monoisotopic (exact) mass is 259 g/mol. The number of rotatable bonds is 0. The van der Waals surface area contributed by atoms with Gasteiger partial charge in [0.1, 0.15) is 13.1 Å². The van der Waals surface area contributed by atoms with Crippen molar-refractivity contribution >= 4 is 6.03 Å². The van der Waals surface area contributed by atoms with E-state index in [-0.39, 0.29) is 10.6 Å². The van der Waals surface area contributed by atoms with Gasteiger partial charge >= 0.3 is 6.03 Å². The third kappa shape index (κ3) is 4.87. The van der Waals surface area contributed by atoms with Crippen LogP contribution in [0.2, 0.25) is 0 Å². The number of hydrogen-bond acceptors (Lipinski definition) is 5. The largest absolute Gasteiger partial charge is 0.449 e. The quantitative estimate of drug-likeness (QED) is 0.208. The SMILES string of the molecule is NN1CCCCC1.NNC(=O)[N+]1(N)CCCCC1. The van der Waals surface area contributed by atoms with Crippen molar-refractivity contribution in [2.75, 3.05) is 26.2 Å². The second-order valence-corrected chi connectivity index (χ2v) is 5.09. The number of carbonyl (C=O) groups excluding carboxylic acids is 1. The molecule has 106 valence electrons. The van der Waals surface area contributed by atoms with Gasteiger partial charge in [-0.1, -0.05) is 6.42 Å². The van der Waals surface area contributed by atoms with Crippen LogP contribution in [0.25, 0.3) is 0 Å². The van der Waals surface area contributed by atoms with E-state index in [0.29, 0.717) is 13.1 Å². The van der Waals surface area contributed by atoms with Crippen LogP contribution >= 0.6 is 0 Å². The van der Waals surface area contributed by atoms with Crippen molar-refractivity contribution in [2.24, 2.45) is 17.5 Å². The first-order chi connectivity index (χ1) is 8.58. The van der Waals surface area contributed by atoms with Crippen molar-refractivity contribution in [1.29, 1.82) is 0 Å². The molecule has 7 heteroatoms. The minimum absolute atomic E-state index is 0.0451. The third-order valence-electron chi connectivity index (χ3n) is 3.53. The summed E-state index contributed by atoms with van der Waals surface area (Å²) in [6.45, 7) is 3.59. The minimum Gasteiger partial charge on any atom is -0.269 e. The number of nitrogens with two attached hydrogens (primary N) is 3. The zero-order valence-corrected chi connectivity index (χ0v) is 11.1. The van der Waals surface area contributed by atoms with E-state index in [1.165, 1.54) is 19.3 Å². The highest BCUT2D eigenvalue weighted by Gasteiger charge is 2.34. The molecule has 0 aliphatic carbocycles. The summed E-state index contributed by atoms with van der Waals surface area (Å²) in [6, 6.07) is -0.287. The number of quaternary nitrogens is 1. The number of amides is 2. The van der Waals surface area contributed by atoms with Crippen molar-refractivity contribution in [3.05, 3.63) is 0 Å². The number of carbonyl (C=O) groups is 1. The van der Waals surface area contributed by atoms with Gasteiger partial charge in [0.05, 0.1) is 0 Å². The van der Waals surface area contributed by atoms with Crippen molar-refractivity contribution < 1.29 is 9.39 Å². The Morgan fingerprint density at radius 2 is 1.50 bits per heavy atom. The van der Waals surface area contributed by atoms with Crippen LogP contribution in [0.4, 0.5) is 4.79 Å². The van der Waals surface area contributed by atoms with Gasteiger partial charge in [-0.15, -0.1) is 0 Å². The van der Waals surface area contributed by atoms with E-state index in [1.54, 1.807) is 0 Å². The zero-order valence-electron chi connectivity index (χ0n) is 11.1. The second-order valence-electron chi connectivity index (χ2n) is 5.09. The molecule has 0 bridgehead atoms. The molecule has 2 heterocycles. The average Bonchev–Trinajstić information content (AvgIpc) is 2.40. The lowest BCUT2D eigenvalue weighted by Crippen LogP contribution is -2.65. The predicted octanol–water partition coefficient (Wildman–Crippen LogP) is -0.210. The molecule has 0 atom stereocenters. The highest BCUT2D eigenvalue weighted by molar-refractivity contribution is 5.65. The number of nitrogens with zero attached hydrogens (tertiary/aromatic N) is 2. The molecule has 0 aromatic carbocycles. The molecule has 2 aliphatic rings. The molecule has 0 radical (unpaired) electrons.